The lowest BCUT2D eigenvalue weighted by Gasteiger charge is -2.17. The highest BCUT2D eigenvalue weighted by Gasteiger charge is 2.25. The standard InChI is InChI=1S/C21H19Cl2N5OS2/c1-11-3-5-13-14(9-24)20(31-17(13)7-11)25-18(29)10-30-21-27-26-19(28(21)2)12-4-6-15(22)16(23)8-12/h4,6,8,11H,3,5,7,10H2,1-2H3,(H,25,29). The lowest BCUT2D eigenvalue weighted by atomic mass is 9.89. The predicted molar refractivity (Wildman–Crippen MR) is 126 cm³/mol. The topological polar surface area (TPSA) is 83.6 Å². The second kappa shape index (κ2) is 9.21. The summed E-state index contributed by atoms with van der Waals surface area (Å²) in [5.41, 5.74) is 2.51. The zero-order valence-electron chi connectivity index (χ0n) is 16.9. The number of nitriles is 1. The van der Waals surface area contributed by atoms with E-state index in [0.29, 0.717) is 37.5 Å². The van der Waals surface area contributed by atoms with Crippen LogP contribution < -0.4 is 5.32 Å². The Hall–Kier alpha value is -2.05. The molecule has 2 heterocycles. The van der Waals surface area contributed by atoms with Gasteiger partial charge in [0.15, 0.2) is 11.0 Å². The van der Waals surface area contributed by atoms with Gasteiger partial charge in [0.25, 0.3) is 0 Å². The SMILES string of the molecule is CC1CCc2c(sc(NC(=O)CSc3nnc(-c4ccc(Cl)c(Cl)c4)n3C)c2C#N)C1. The first-order valence-corrected chi connectivity index (χ1v) is 12.2. The Labute approximate surface area is 198 Å². The summed E-state index contributed by atoms with van der Waals surface area (Å²) in [5.74, 6) is 1.23. The molecule has 0 bridgehead atoms. The van der Waals surface area contributed by atoms with E-state index < -0.39 is 0 Å². The van der Waals surface area contributed by atoms with Gasteiger partial charge in [0.2, 0.25) is 5.91 Å². The minimum atomic E-state index is -0.174. The van der Waals surface area contributed by atoms with Gasteiger partial charge in [-0.25, -0.2) is 0 Å². The molecule has 6 nitrogen and oxygen atoms in total. The van der Waals surface area contributed by atoms with Crippen molar-refractivity contribution >= 4 is 57.2 Å². The van der Waals surface area contributed by atoms with E-state index in [9.17, 15) is 10.1 Å². The van der Waals surface area contributed by atoms with Gasteiger partial charge in [-0.1, -0.05) is 41.9 Å². The number of benzene rings is 1. The number of aromatic nitrogens is 3. The van der Waals surface area contributed by atoms with Crippen LogP contribution in [0.15, 0.2) is 23.4 Å². The maximum atomic E-state index is 12.6. The molecule has 1 N–H and O–H groups in total. The Bertz CT molecular complexity index is 1200. The third-order valence-electron chi connectivity index (χ3n) is 5.22. The fourth-order valence-corrected chi connectivity index (χ4v) is 5.96. The van der Waals surface area contributed by atoms with E-state index in [1.165, 1.54) is 28.0 Å². The van der Waals surface area contributed by atoms with E-state index in [0.717, 1.165) is 30.4 Å². The van der Waals surface area contributed by atoms with Crippen molar-refractivity contribution in [2.45, 2.75) is 31.3 Å². The Balaban J connectivity index is 1.44. The first-order chi connectivity index (χ1) is 14.9. The van der Waals surface area contributed by atoms with Gasteiger partial charge in [-0.3, -0.25) is 4.79 Å². The number of anilines is 1. The third-order valence-corrected chi connectivity index (χ3v) is 8.15. The van der Waals surface area contributed by atoms with Gasteiger partial charge >= 0.3 is 0 Å². The van der Waals surface area contributed by atoms with Crippen molar-refractivity contribution in [3.05, 3.63) is 44.2 Å². The van der Waals surface area contributed by atoms with Crippen molar-refractivity contribution in [3.63, 3.8) is 0 Å². The van der Waals surface area contributed by atoms with Crippen LogP contribution >= 0.6 is 46.3 Å². The number of rotatable bonds is 5. The molecule has 1 aromatic carbocycles. The molecule has 0 spiro atoms. The number of nitrogens with one attached hydrogen (secondary N) is 1. The molecule has 0 radical (unpaired) electrons. The number of hydrogen-bond donors (Lipinski definition) is 1. The molecule has 10 heteroatoms. The molecule has 1 unspecified atom stereocenters. The summed E-state index contributed by atoms with van der Waals surface area (Å²) >= 11 is 14.9. The monoisotopic (exact) mass is 491 g/mol. The molecule has 0 fully saturated rings. The molecule has 1 aliphatic rings. The number of thioether (sulfide) groups is 1. The van der Waals surface area contributed by atoms with E-state index in [2.05, 4.69) is 28.5 Å². The van der Waals surface area contributed by atoms with Crippen LogP contribution in [0, 0.1) is 17.2 Å². The largest absolute Gasteiger partial charge is 0.316 e. The fourth-order valence-electron chi connectivity index (χ4n) is 3.58. The van der Waals surface area contributed by atoms with Crippen LogP contribution in [0.4, 0.5) is 5.00 Å². The van der Waals surface area contributed by atoms with E-state index >= 15 is 0 Å². The van der Waals surface area contributed by atoms with Crippen LogP contribution in [0.2, 0.25) is 10.0 Å². The molecule has 3 aromatic rings. The van der Waals surface area contributed by atoms with Crippen LogP contribution in [-0.4, -0.2) is 26.4 Å². The van der Waals surface area contributed by atoms with Crippen LogP contribution in [0.5, 0.6) is 0 Å². The van der Waals surface area contributed by atoms with Gasteiger partial charge in [0, 0.05) is 17.5 Å². The number of carbonyl (C=O) groups excluding carboxylic acids is 1. The highest BCUT2D eigenvalue weighted by atomic mass is 35.5. The number of halogens is 2. The number of fused-ring (bicyclic) bond motifs is 1. The lowest BCUT2D eigenvalue weighted by molar-refractivity contribution is -0.113. The van der Waals surface area contributed by atoms with E-state index in [4.69, 9.17) is 23.2 Å². The normalized spacial score (nSPS) is 15.4. The number of carbonyl (C=O) groups is 1. The van der Waals surface area contributed by atoms with Crippen molar-refractivity contribution < 1.29 is 4.79 Å². The molecule has 160 valence electrons. The third kappa shape index (κ3) is 4.60. The van der Waals surface area contributed by atoms with Crippen molar-refractivity contribution in [2.75, 3.05) is 11.1 Å². The van der Waals surface area contributed by atoms with Crippen molar-refractivity contribution in [1.82, 2.24) is 14.8 Å². The van der Waals surface area contributed by atoms with Gasteiger partial charge in [-0.05, 0) is 48.9 Å². The van der Waals surface area contributed by atoms with E-state index in [1.54, 1.807) is 12.1 Å². The average molecular weight is 492 g/mol. The second-order valence-corrected chi connectivity index (χ2v) is 10.4. The Morgan fingerprint density at radius 1 is 1.39 bits per heavy atom. The highest BCUT2D eigenvalue weighted by Crippen LogP contribution is 2.39. The molecule has 4 rings (SSSR count). The summed E-state index contributed by atoms with van der Waals surface area (Å²) in [7, 11) is 1.83. The number of hydrogen-bond acceptors (Lipinski definition) is 6. The second-order valence-electron chi connectivity index (χ2n) is 7.50. The average Bonchev–Trinajstić information content (AvgIpc) is 3.27. The molecule has 1 amide bonds. The van der Waals surface area contributed by atoms with Crippen molar-refractivity contribution in [2.24, 2.45) is 13.0 Å². The number of amides is 1. The van der Waals surface area contributed by atoms with Crippen LogP contribution in [0.3, 0.4) is 0 Å². The minimum absolute atomic E-state index is 0.164. The van der Waals surface area contributed by atoms with Gasteiger partial charge in [0.05, 0.1) is 21.4 Å². The molecule has 0 aliphatic heterocycles. The van der Waals surface area contributed by atoms with E-state index in [1.807, 2.05) is 17.7 Å². The molecule has 0 saturated heterocycles. The summed E-state index contributed by atoms with van der Waals surface area (Å²) in [5, 5.41) is 23.1. The maximum Gasteiger partial charge on any atom is 0.235 e. The lowest BCUT2D eigenvalue weighted by Crippen LogP contribution is -2.14. The van der Waals surface area contributed by atoms with Gasteiger partial charge < -0.3 is 9.88 Å². The number of thiophene rings is 1. The quantitative estimate of drug-likeness (QED) is 0.471. The summed E-state index contributed by atoms with van der Waals surface area (Å²) < 4.78 is 1.81. The zero-order chi connectivity index (χ0) is 22.1. The molecule has 2 aromatic heterocycles. The zero-order valence-corrected chi connectivity index (χ0v) is 20.1. The number of nitrogens with zero attached hydrogens (tertiary/aromatic N) is 4. The summed E-state index contributed by atoms with van der Waals surface area (Å²) in [6.45, 7) is 2.22. The molecule has 31 heavy (non-hydrogen) atoms. The fraction of sp³-hybridized carbons (Fsp3) is 0.333. The summed E-state index contributed by atoms with van der Waals surface area (Å²) in [6.07, 6.45) is 2.95. The van der Waals surface area contributed by atoms with Crippen molar-refractivity contribution in [3.8, 4) is 17.5 Å². The van der Waals surface area contributed by atoms with Crippen LogP contribution in [0.25, 0.3) is 11.4 Å². The molecular weight excluding hydrogens is 473 g/mol. The van der Waals surface area contributed by atoms with Crippen molar-refractivity contribution in [1.29, 1.82) is 5.26 Å². The molecular formula is C21H19Cl2N5OS2. The minimum Gasteiger partial charge on any atom is -0.316 e. The molecule has 1 atom stereocenters. The van der Waals surface area contributed by atoms with Gasteiger partial charge in [-0.15, -0.1) is 21.5 Å². The Kier molecular flexibility index (Phi) is 6.58. The van der Waals surface area contributed by atoms with Crippen LogP contribution in [-0.2, 0) is 24.7 Å². The maximum absolute atomic E-state index is 12.6. The Morgan fingerprint density at radius 3 is 2.94 bits per heavy atom. The summed E-state index contributed by atoms with van der Waals surface area (Å²) in [6, 6.07) is 7.55. The summed E-state index contributed by atoms with van der Waals surface area (Å²) in [4.78, 5) is 13.8. The van der Waals surface area contributed by atoms with Gasteiger partial charge in [-0.2, -0.15) is 5.26 Å². The predicted octanol–water partition coefficient (Wildman–Crippen LogP) is 5.58. The first-order valence-electron chi connectivity index (χ1n) is 9.69. The van der Waals surface area contributed by atoms with Gasteiger partial charge in [0.1, 0.15) is 11.1 Å². The first kappa shape index (κ1) is 22.2. The van der Waals surface area contributed by atoms with Crippen LogP contribution in [0.1, 0.15) is 29.3 Å². The smallest absolute Gasteiger partial charge is 0.235 e. The highest BCUT2D eigenvalue weighted by molar-refractivity contribution is 7.99. The molecule has 1 aliphatic carbocycles. The molecule has 0 saturated carbocycles. The van der Waals surface area contributed by atoms with E-state index in [-0.39, 0.29) is 11.7 Å². The Morgan fingerprint density at radius 2 is 2.19 bits per heavy atom.